The Labute approximate surface area is 101 Å². The van der Waals surface area contributed by atoms with Crippen molar-refractivity contribution in [3.8, 4) is 5.75 Å². The van der Waals surface area contributed by atoms with Crippen LogP contribution in [0.3, 0.4) is 0 Å². The van der Waals surface area contributed by atoms with Crippen LogP contribution in [0.15, 0.2) is 18.2 Å². The SMILES string of the molecule is CCc1cc(O)cc(N2CCCC2C(N)=O)c1. The minimum Gasteiger partial charge on any atom is -0.508 e. The summed E-state index contributed by atoms with van der Waals surface area (Å²) in [7, 11) is 0. The molecule has 0 radical (unpaired) electrons. The van der Waals surface area contributed by atoms with Crippen LogP contribution in [0.5, 0.6) is 5.75 Å². The number of nitrogens with two attached hydrogens (primary N) is 1. The highest BCUT2D eigenvalue weighted by atomic mass is 16.3. The summed E-state index contributed by atoms with van der Waals surface area (Å²) < 4.78 is 0. The Balaban J connectivity index is 2.32. The van der Waals surface area contributed by atoms with Gasteiger partial charge in [0.05, 0.1) is 0 Å². The normalized spacial score (nSPS) is 19.6. The second-order valence-electron chi connectivity index (χ2n) is 4.47. The molecule has 1 aliphatic heterocycles. The van der Waals surface area contributed by atoms with E-state index in [-0.39, 0.29) is 17.7 Å². The van der Waals surface area contributed by atoms with Gasteiger partial charge in [-0.1, -0.05) is 6.92 Å². The molecule has 0 aliphatic carbocycles. The molecule has 0 saturated carbocycles. The summed E-state index contributed by atoms with van der Waals surface area (Å²) in [6, 6.07) is 5.22. The third kappa shape index (κ3) is 2.35. The maximum absolute atomic E-state index is 11.3. The van der Waals surface area contributed by atoms with Gasteiger partial charge in [0.25, 0.3) is 0 Å². The first-order valence-corrected chi connectivity index (χ1v) is 6.00. The molecule has 2 rings (SSSR count). The van der Waals surface area contributed by atoms with Crippen LogP contribution in [0, 0.1) is 0 Å². The van der Waals surface area contributed by atoms with Gasteiger partial charge in [0.15, 0.2) is 0 Å². The monoisotopic (exact) mass is 234 g/mol. The zero-order chi connectivity index (χ0) is 12.4. The molecule has 17 heavy (non-hydrogen) atoms. The largest absolute Gasteiger partial charge is 0.508 e. The maximum atomic E-state index is 11.3. The number of aryl methyl sites for hydroxylation is 1. The number of phenolic OH excluding ortho intramolecular Hbond substituents is 1. The smallest absolute Gasteiger partial charge is 0.240 e. The number of benzene rings is 1. The molecule has 1 heterocycles. The summed E-state index contributed by atoms with van der Waals surface area (Å²) in [5.41, 5.74) is 7.35. The van der Waals surface area contributed by atoms with Crippen molar-refractivity contribution < 1.29 is 9.90 Å². The lowest BCUT2D eigenvalue weighted by molar-refractivity contribution is -0.119. The fraction of sp³-hybridized carbons (Fsp3) is 0.462. The van der Waals surface area contributed by atoms with Gasteiger partial charge in [-0.15, -0.1) is 0 Å². The lowest BCUT2D eigenvalue weighted by Crippen LogP contribution is -2.40. The zero-order valence-corrected chi connectivity index (χ0v) is 10.0. The molecule has 0 aromatic heterocycles. The van der Waals surface area contributed by atoms with Crippen molar-refractivity contribution in [1.82, 2.24) is 0 Å². The summed E-state index contributed by atoms with van der Waals surface area (Å²) in [6.07, 6.45) is 2.62. The molecule has 1 aliphatic rings. The van der Waals surface area contributed by atoms with Gasteiger partial charge in [0.2, 0.25) is 5.91 Å². The molecular formula is C13H18N2O2. The van der Waals surface area contributed by atoms with Gasteiger partial charge < -0.3 is 15.7 Å². The summed E-state index contributed by atoms with van der Waals surface area (Å²) in [5, 5.41) is 9.67. The number of hydrogen-bond donors (Lipinski definition) is 2. The Morgan fingerprint density at radius 1 is 1.53 bits per heavy atom. The highest BCUT2D eigenvalue weighted by molar-refractivity contribution is 5.84. The first-order valence-electron chi connectivity index (χ1n) is 6.00. The summed E-state index contributed by atoms with van der Waals surface area (Å²) in [6.45, 7) is 2.86. The van der Waals surface area contributed by atoms with E-state index in [0.29, 0.717) is 0 Å². The Morgan fingerprint density at radius 3 is 2.94 bits per heavy atom. The number of amides is 1. The molecule has 4 heteroatoms. The summed E-state index contributed by atoms with van der Waals surface area (Å²) >= 11 is 0. The molecule has 1 unspecified atom stereocenters. The van der Waals surface area contributed by atoms with Crippen molar-refractivity contribution >= 4 is 11.6 Å². The predicted molar refractivity (Wildman–Crippen MR) is 67.0 cm³/mol. The van der Waals surface area contributed by atoms with Crippen LogP contribution >= 0.6 is 0 Å². The number of rotatable bonds is 3. The van der Waals surface area contributed by atoms with Crippen LogP contribution in [0.2, 0.25) is 0 Å². The van der Waals surface area contributed by atoms with Gasteiger partial charge in [-0.3, -0.25) is 4.79 Å². The van der Waals surface area contributed by atoms with Crippen LogP contribution in [-0.4, -0.2) is 23.6 Å². The Morgan fingerprint density at radius 2 is 2.29 bits per heavy atom. The van der Waals surface area contributed by atoms with Gasteiger partial charge in [0, 0.05) is 18.3 Å². The van der Waals surface area contributed by atoms with E-state index in [9.17, 15) is 9.90 Å². The molecule has 1 aromatic carbocycles. The number of aromatic hydroxyl groups is 1. The van der Waals surface area contributed by atoms with Crippen molar-refractivity contribution in [3.05, 3.63) is 23.8 Å². The number of carbonyl (C=O) groups is 1. The quantitative estimate of drug-likeness (QED) is 0.831. The molecule has 0 spiro atoms. The Bertz CT molecular complexity index is 431. The number of nitrogens with zero attached hydrogens (tertiary/aromatic N) is 1. The lowest BCUT2D eigenvalue weighted by atomic mass is 10.1. The first kappa shape index (κ1) is 11.8. The van der Waals surface area contributed by atoms with Crippen LogP contribution in [0.25, 0.3) is 0 Å². The zero-order valence-electron chi connectivity index (χ0n) is 10.0. The van der Waals surface area contributed by atoms with Gasteiger partial charge in [0.1, 0.15) is 11.8 Å². The second kappa shape index (κ2) is 4.65. The Kier molecular flexibility index (Phi) is 3.22. The standard InChI is InChI=1S/C13H18N2O2/c1-2-9-6-10(8-11(16)7-9)15-5-3-4-12(15)13(14)17/h6-8,12,16H,2-5H2,1H3,(H2,14,17). The topological polar surface area (TPSA) is 66.6 Å². The molecule has 1 saturated heterocycles. The number of primary amides is 1. The van der Waals surface area contributed by atoms with Crippen molar-refractivity contribution in [1.29, 1.82) is 0 Å². The van der Waals surface area contributed by atoms with E-state index >= 15 is 0 Å². The minimum atomic E-state index is -0.288. The molecule has 0 bridgehead atoms. The van der Waals surface area contributed by atoms with E-state index in [4.69, 9.17) is 5.73 Å². The predicted octanol–water partition coefficient (Wildman–Crippen LogP) is 1.41. The number of phenols is 1. The highest BCUT2D eigenvalue weighted by Crippen LogP contribution is 2.29. The van der Waals surface area contributed by atoms with Crippen LogP contribution < -0.4 is 10.6 Å². The van der Waals surface area contributed by atoms with E-state index in [0.717, 1.165) is 37.1 Å². The molecular weight excluding hydrogens is 216 g/mol. The second-order valence-corrected chi connectivity index (χ2v) is 4.47. The van der Waals surface area contributed by atoms with Crippen LogP contribution in [0.1, 0.15) is 25.3 Å². The van der Waals surface area contributed by atoms with Crippen molar-refractivity contribution in [3.63, 3.8) is 0 Å². The Hall–Kier alpha value is -1.71. The van der Waals surface area contributed by atoms with Crippen molar-refractivity contribution in [2.24, 2.45) is 5.73 Å². The van der Waals surface area contributed by atoms with Gasteiger partial charge in [-0.25, -0.2) is 0 Å². The number of hydrogen-bond acceptors (Lipinski definition) is 3. The van der Waals surface area contributed by atoms with Gasteiger partial charge in [-0.05, 0) is 37.0 Å². The van der Waals surface area contributed by atoms with Gasteiger partial charge >= 0.3 is 0 Å². The summed E-state index contributed by atoms with van der Waals surface area (Å²) in [5.74, 6) is -0.0432. The lowest BCUT2D eigenvalue weighted by Gasteiger charge is -2.25. The van der Waals surface area contributed by atoms with Crippen molar-refractivity contribution in [2.45, 2.75) is 32.2 Å². The fourth-order valence-corrected chi connectivity index (χ4v) is 2.40. The molecule has 1 aromatic rings. The molecule has 3 N–H and O–H groups in total. The van der Waals surface area contributed by atoms with Crippen LogP contribution in [0.4, 0.5) is 5.69 Å². The van der Waals surface area contributed by atoms with E-state index in [1.807, 2.05) is 17.9 Å². The average Bonchev–Trinajstić information content (AvgIpc) is 2.77. The molecule has 1 amide bonds. The minimum absolute atomic E-state index is 0.235. The number of anilines is 1. The molecule has 92 valence electrons. The van der Waals surface area contributed by atoms with Crippen LogP contribution in [-0.2, 0) is 11.2 Å². The summed E-state index contributed by atoms with van der Waals surface area (Å²) in [4.78, 5) is 13.3. The third-order valence-corrected chi connectivity index (χ3v) is 3.28. The third-order valence-electron chi connectivity index (χ3n) is 3.28. The van der Waals surface area contributed by atoms with E-state index < -0.39 is 0 Å². The first-order chi connectivity index (χ1) is 8.11. The molecule has 4 nitrogen and oxygen atoms in total. The average molecular weight is 234 g/mol. The maximum Gasteiger partial charge on any atom is 0.240 e. The van der Waals surface area contributed by atoms with Gasteiger partial charge in [-0.2, -0.15) is 0 Å². The molecule has 1 atom stereocenters. The molecule has 1 fully saturated rings. The van der Waals surface area contributed by atoms with E-state index in [2.05, 4.69) is 0 Å². The van der Waals surface area contributed by atoms with E-state index in [1.54, 1.807) is 12.1 Å². The fourth-order valence-electron chi connectivity index (χ4n) is 2.40. The highest BCUT2D eigenvalue weighted by Gasteiger charge is 2.29. The number of carbonyl (C=O) groups excluding carboxylic acids is 1. The van der Waals surface area contributed by atoms with E-state index in [1.165, 1.54) is 0 Å². The van der Waals surface area contributed by atoms with Crippen molar-refractivity contribution in [2.75, 3.05) is 11.4 Å².